The zero-order valence-corrected chi connectivity index (χ0v) is 18.3. The quantitative estimate of drug-likeness (QED) is 0.310. The first kappa shape index (κ1) is 20.8. The molecule has 0 aliphatic rings. The highest BCUT2D eigenvalue weighted by molar-refractivity contribution is 7.98. The first-order valence-electron chi connectivity index (χ1n) is 9.64. The maximum atomic E-state index is 13.5. The third-order valence-electron chi connectivity index (χ3n) is 4.87. The Morgan fingerprint density at radius 3 is 2.42 bits per heavy atom. The van der Waals surface area contributed by atoms with Gasteiger partial charge in [-0.2, -0.15) is 0 Å². The van der Waals surface area contributed by atoms with Gasteiger partial charge in [-0.3, -0.25) is 9.36 Å². The Morgan fingerprint density at radius 2 is 1.65 bits per heavy atom. The standard InChI is InChI=1S/C24H22N2O4S/c1-28-17-8-6-7-16(13-17)15-31-24-25-20-10-5-4-9-19(20)23(27)26(24)21-12-11-18(29-2)14-22(21)30-3/h4-14H,15H2,1-3H3. The number of rotatable bonds is 7. The van der Waals surface area contributed by atoms with E-state index in [1.54, 1.807) is 44.1 Å². The number of ether oxygens (including phenoxy) is 3. The van der Waals surface area contributed by atoms with Crippen LogP contribution in [0.25, 0.3) is 16.6 Å². The molecule has 158 valence electrons. The van der Waals surface area contributed by atoms with Crippen molar-refractivity contribution in [3.05, 3.63) is 82.6 Å². The molecule has 4 aromatic rings. The zero-order chi connectivity index (χ0) is 21.8. The largest absolute Gasteiger partial charge is 0.497 e. The fourth-order valence-corrected chi connectivity index (χ4v) is 4.25. The van der Waals surface area contributed by atoms with Gasteiger partial charge in [0.25, 0.3) is 5.56 Å². The van der Waals surface area contributed by atoms with Crippen LogP contribution in [0.2, 0.25) is 0 Å². The summed E-state index contributed by atoms with van der Waals surface area (Å²) in [5.41, 5.74) is 2.19. The second-order valence-electron chi connectivity index (χ2n) is 6.73. The van der Waals surface area contributed by atoms with Gasteiger partial charge in [0.2, 0.25) is 0 Å². The van der Waals surface area contributed by atoms with E-state index in [0.29, 0.717) is 39.0 Å². The second kappa shape index (κ2) is 9.14. The average Bonchev–Trinajstić information content (AvgIpc) is 2.82. The summed E-state index contributed by atoms with van der Waals surface area (Å²) in [5, 5.41) is 1.13. The van der Waals surface area contributed by atoms with E-state index >= 15 is 0 Å². The third-order valence-corrected chi connectivity index (χ3v) is 5.88. The van der Waals surface area contributed by atoms with Crippen molar-refractivity contribution >= 4 is 22.7 Å². The zero-order valence-electron chi connectivity index (χ0n) is 17.5. The van der Waals surface area contributed by atoms with Gasteiger partial charge in [0.1, 0.15) is 17.2 Å². The van der Waals surface area contributed by atoms with Gasteiger partial charge in [-0.25, -0.2) is 4.98 Å². The van der Waals surface area contributed by atoms with Gasteiger partial charge in [0, 0.05) is 11.8 Å². The molecule has 0 bridgehead atoms. The summed E-state index contributed by atoms with van der Waals surface area (Å²) in [4.78, 5) is 18.3. The van der Waals surface area contributed by atoms with E-state index in [2.05, 4.69) is 0 Å². The SMILES string of the molecule is COc1cccc(CSc2nc3ccccc3c(=O)n2-c2ccc(OC)cc2OC)c1. The van der Waals surface area contributed by atoms with Gasteiger partial charge in [-0.1, -0.05) is 36.0 Å². The van der Waals surface area contributed by atoms with Crippen molar-refractivity contribution in [3.8, 4) is 22.9 Å². The van der Waals surface area contributed by atoms with Crippen LogP contribution in [0, 0.1) is 0 Å². The minimum Gasteiger partial charge on any atom is -0.497 e. The van der Waals surface area contributed by atoms with E-state index < -0.39 is 0 Å². The molecule has 0 fully saturated rings. The fourth-order valence-electron chi connectivity index (χ4n) is 3.30. The van der Waals surface area contributed by atoms with Gasteiger partial charge in [0.05, 0.1) is 37.9 Å². The molecule has 3 aromatic carbocycles. The predicted molar refractivity (Wildman–Crippen MR) is 123 cm³/mol. The molecule has 4 rings (SSSR count). The van der Waals surface area contributed by atoms with Crippen LogP contribution in [0.4, 0.5) is 0 Å². The normalized spacial score (nSPS) is 10.8. The molecule has 6 nitrogen and oxygen atoms in total. The summed E-state index contributed by atoms with van der Waals surface area (Å²) >= 11 is 1.48. The lowest BCUT2D eigenvalue weighted by Gasteiger charge is -2.16. The van der Waals surface area contributed by atoms with Crippen molar-refractivity contribution in [3.63, 3.8) is 0 Å². The lowest BCUT2D eigenvalue weighted by molar-refractivity contribution is 0.392. The predicted octanol–water partition coefficient (Wildman–Crippen LogP) is 4.70. The molecule has 0 amide bonds. The highest BCUT2D eigenvalue weighted by Gasteiger charge is 2.17. The third kappa shape index (κ3) is 4.22. The van der Waals surface area contributed by atoms with E-state index in [0.717, 1.165) is 11.3 Å². The molecule has 0 radical (unpaired) electrons. The molecule has 1 heterocycles. The number of benzene rings is 3. The van der Waals surface area contributed by atoms with Gasteiger partial charge in [-0.15, -0.1) is 0 Å². The topological polar surface area (TPSA) is 62.6 Å². The highest BCUT2D eigenvalue weighted by atomic mass is 32.2. The number of para-hydroxylation sites is 1. The first-order chi connectivity index (χ1) is 15.1. The smallest absolute Gasteiger partial charge is 0.266 e. The monoisotopic (exact) mass is 434 g/mol. The number of nitrogens with zero attached hydrogens (tertiary/aromatic N) is 2. The molecule has 0 N–H and O–H groups in total. The molecule has 0 saturated carbocycles. The summed E-state index contributed by atoms with van der Waals surface area (Å²) in [7, 11) is 4.80. The van der Waals surface area contributed by atoms with Crippen LogP contribution in [-0.2, 0) is 5.75 Å². The second-order valence-corrected chi connectivity index (χ2v) is 7.67. The number of aromatic nitrogens is 2. The van der Waals surface area contributed by atoms with E-state index in [9.17, 15) is 4.79 Å². The first-order valence-corrected chi connectivity index (χ1v) is 10.6. The Bertz CT molecular complexity index is 1290. The van der Waals surface area contributed by atoms with Crippen molar-refractivity contribution in [1.29, 1.82) is 0 Å². The van der Waals surface area contributed by atoms with Crippen molar-refractivity contribution in [2.24, 2.45) is 0 Å². The number of thioether (sulfide) groups is 1. The van der Waals surface area contributed by atoms with Crippen molar-refractivity contribution in [2.75, 3.05) is 21.3 Å². The Labute approximate surface area is 184 Å². The van der Waals surface area contributed by atoms with Crippen LogP contribution in [0.15, 0.2) is 76.7 Å². The molecule has 0 aliphatic carbocycles. The molecule has 0 atom stereocenters. The van der Waals surface area contributed by atoms with Crippen LogP contribution >= 0.6 is 11.8 Å². The average molecular weight is 435 g/mol. The highest BCUT2D eigenvalue weighted by Crippen LogP contribution is 2.31. The van der Waals surface area contributed by atoms with Gasteiger partial charge in [-0.05, 0) is 42.0 Å². The van der Waals surface area contributed by atoms with Gasteiger partial charge >= 0.3 is 0 Å². The summed E-state index contributed by atoms with van der Waals surface area (Å²) in [6, 6.07) is 20.6. The van der Waals surface area contributed by atoms with Crippen LogP contribution in [0.5, 0.6) is 17.2 Å². The summed E-state index contributed by atoms with van der Waals surface area (Å²) in [5.74, 6) is 2.59. The molecule has 7 heteroatoms. The molecular formula is C24H22N2O4S. The summed E-state index contributed by atoms with van der Waals surface area (Å²) in [6.07, 6.45) is 0. The van der Waals surface area contributed by atoms with Gasteiger partial charge < -0.3 is 14.2 Å². The molecule has 1 aromatic heterocycles. The number of methoxy groups -OCH3 is 3. The molecule has 0 spiro atoms. The van der Waals surface area contributed by atoms with E-state index in [-0.39, 0.29) is 5.56 Å². The molecule has 0 saturated heterocycles. The van der Waals surface area contributed by atoms with Crippen LogP contribution in [-0.4, -0.2) is 30.9 Å². The number of fused-ring (bicyclic) bond motifs is 1. The van der Waals surface area contributed by atoms with Crippen LogP contribution < -0.4 is 19.8 Å². The number of hydrogen-bond donors (Lipinski definition) is 0. The van der Waals surface area contributed by atoms with Crippen molar-refractivity contribution < 1.29 is 14.2 Å². The lowest BCUT2D eigenvalue weighted by atomic mass is 10.2. The van der Waals surface area contributed by atoms with E-state index in [1.165, 1.54) is 11.8 Å². The van der Waals surface area contributed by atoms with E-state index in [4.69, 9.17) is 19.2 Å². The van der Waals surface area contributed by atoms with Crippen molar-refractivity contribution in [2.45, 2.75) is 10.9 Å². The van der Waals surface area contributed by atoms with Gasteiger partial charge in [0.15, 0.2) is 5.16 Å². The lowest BCUT2D eigenvalue weighted by Crippen LogP contribution is -2.22. The summed E-state index contributed by atoms with van der Waals surface area (Å²) < 4.78 is 17.8. The van der Waals surface area contributed by atoms with Crippen LogP contribution in [0.1, 0.15) is 5.56 Å². The molecular weight excluding hydrogens is 412 g/mol. The number of hydrogen-bond acceptors (Lipinski definition) is 6. The fraction of sp³-hybridized carbons (Fsp3) is 0.167. The molecule has 0 aliphatic heterocycles. The Kier molecular flexibility index (Phi) is 6.13. The Balaban J connectivity index is 1.85. The minimum absolute atomic E-state index is 0.151. The molecule has 0 unspecified atom stereocenters. The summed E-state index contributed by atoms with van der Waals surface area (Å²) in [6.45, 7) is 0. The maximum absolute atomic E-state index is 13.5. The van der Waals surface area contributed by atoms with E-state index in [1.807, 2.05) is 48.5 Å². The Hall–Kier alpha value is -3.45. The minimum atomic E-state index is -0.151. The van der Waals surface area contributed by atoms with Crippen LogP contribution in [0.3, 0.4) is 0 Å². The maximum Gasteiger partial charge on any atom is 0.266 e. The Morgan fingerprint density at radius 1 is 0.871 bits per heavy atom. The van der Waals surface area contributed by atoms with Crippen molar-refractivity contribution in [1.82, 2.24) is 9.55 Å². The molecule has 31 heavy (non-hydrogen) atoms.